The Balaban J connectivity index is 3.10. The van der Waals surface area contributed by atoms with Gasteiger partial charge in [-0.05, 0) is 38.0 Å². The number of ether oxygens (including phenoxy) is 1. The van der Waals surface area contributed by atoms with Gasteiger partial charge in [-0.25, -0.2) is 4.79 Å². The zero-order chi connectivity index (χ0) is 14.6. The molecule has 19 heavy (non-hydrogen) atoms. The Bertz CT molecular complexity index is 538. The zero-order valence-corrected chi connectivity index (χ0v) is 11.1. The molecule has 0 radical (unpaired) electrons. The fourth-order valence-corrected chi connectivity index (χ4v) is 1.69. The first-order valence-corrected chi connectivity index (χ1v) is 5.76. The number of hydrogen-bond donors (Lipinski definition) is 2. The Hall–Kier alpha value is -2.37. The third kappa shape index (κ3) is 3.54. The summed E-state index contributed by atoms with van der Waals surface area (Å²) in [6.45, 7) is 5.20. The largest absolute Gasteiger partial charge is 0.459 e. The van der Waals surface area contributed by atoms with Crippen molar-refractivity contribution < 1.29 is 19.1 Å². The van der Waals surface area contributed by atoms with Crippen molar-refractivity contribution in [1.82, 2.24) is 0 Å². The molecule has 0 aliphatic carbocycles. The van der Waals surface area contributed by atoms with Gasteiger partial charge in [-0.1, -0.05) is 6.07 Å². The van der Waals surface area contributed by atoms with E-state index < -0.39 is 17.8 Å². The number of nitrogens with one attached hydrogen (secondary N) is 1. The van der Waals surface area contributed by atoms with Gasteiger partial charge in [0.15, 0.2) is 0 Å². The molecule has 3 N–H and O–H groups in total. The minimum absolute atomic E-state index is 0.0990. The van der Waals surface area contributed by atoms with Gasteiger partial charge in [0.25, 0.3) is 5.91 Å². The van der Waals surface area contributed by atoms with Gasteiger partial charge >= 0.3 is 11.9 Å². The van der Waals surface area contributed by atoms with Gasteiger partial charge in [0.1, 0.15) is 0 Å². The summed E-state index contributed by atoms with van der Waals surface area (Å²) in [6.07, 6.45) is 0. The van der Waals surface area contributed by atoms with Crippen LogP contribution in [0, 0.1) is 13.8 Å². The molecule has 0 aliphatic heterocycles. The normalized spacial score (nSPS) is 9.84. The van der Waals surface area contributed by atoms with E-state index in [0.29, 0.717) is 5.56 Å². The Morgan fingerprint density at radius 2 is 1.89 bits per heavy atom. The van der Waals surface area contributed by atoms with E-state index in [2.05, 4.69) is 10.1 Å². The molecule has 0 saturated heterocycles. The molecule has 6 heteroatoms. The maximum atomic E-state index is 11.6. The maximum absolute atomic E-state index is 11.6. The van der Waals surface area contributed by atoms with Crippen LogP contribution in [0.25, 0.3) is 0 Å². The number of esters is 1. The number of aryl methyl sites for hydroxylation is 2. The molecule has 1 aromatic carbocycles. The van der Waals surface area contributed by atoms with Crippen molar-refractivity contribution in [2.75, 3.05) is 11.9 Å². The molecule has 0 unspecified atom stereocenters. The number of benzene rings is 1. The standard InChI is InChI=1S/C13H16N2O4/c1-4-19-13(18)12(17)15-10-8(3)5-7(2)6-9(10)11(14)16/h5-6H,4H2,1-3H3,(H2,14,16)(H,15,17). The van der Waals surface area contributed by atoms with E-state index in [0.717, 1.165) is 5.56 Å². The molecule has 2 amide bonds. The molecular weight excluding hydrogens is 248 g/mol. The maximum Gasteiger partial charge on any atom is 0.397 e. The summed E-state index contributed by atoms with van der Waals surface area (Å²) in [5.74, 6) is -2.61. The monoisotopic (exact) mass is 264 g/mol. The first kappa shape index (κ1) is 14.7. The lowest BCUT2D eigenvalue weighted by Crippen LogP contribution is -2.27. The average molecular weight is 264 g/mol. The van der Waals surface area contributed by atoms with Gasteiger partial charge in [0, 0.05) is 0 Å². The predicted molar refractivity (Wildman–Crippen MR) is 69.7 cm³/mol. The smallest absolute Gasteiger partial charge is 0.397 e. The second-order valence-electron chi connectivity index (χ2n) is 4.04. The van der Waals surface area contributed by atoms with Crippen LogP contribution >= 0.6 is 0 Å². The molecule has 0 heterocycles. The quantitative estimate of drug-likeness (QED) is 0.626. The molecule has 0 aromatic heterocycles. The number of rotatable bonds is 3. The lowest BCUT2D eigenvalue weighted by Gasteiger charge is -2.12. The van der Waals surface area contributed by atoms with Crippen molar-refractivity contribution in [2.24, 2.45) is 5.73 Å². The topological polar surface area (TPSA) is 98.5 Å². The van der Waals surface area contributed by atoms with E-state index in [1.54, 1.807) is 32.9 Å². The number of nitrogens with two attached hydrogens (primary N) is 1. The molecule has 0 bridgehead atoms. The number of anilines is 1. The summed E-state index contributed by atoms with van der Waals surface area (Å²) in [7, 11) is 0. The van der Waals surface area contributed by atoms with Crippen LogP contribution < -0.4 is 11.1 Å². The van der Waals surface area contributed by atoms with Crippen LogP contribution in [-0.4, -0.2) is 24.4 Å². The van der Waals surface area contributed by atoms with Gasteiger partial charge in [-0.2, -0.15) is 0 Å². The molecule has 102 valence electrons. The molecule has 1 aromatic rings. The minimum atomic E-state index is -1.00. The molecular formula is C13H16N2O4. The second-order valence-corrected chi connectivity index (χ2v) is 4.04. The Morgan fingerprint density at radius 3 is 2.42 bits per heavy atom. The second kappa shape index (κ2) is 5.99. The molecule has 6 nitrogen and oxygen atoms in total. The highest BCUT2D eigenvalue weighted by molar-refractivity contribution is 6.37. The van der Waals surface area contributed by atoms with Crippen LogP contribution in [0.1, 0.15) is 28.4 Å². The van der Waals surface area contributed by atoms with Gasteiger partial charge in [0.2, 0.25) is 0 Å². The number of amides is 2. The summed E-state index contributed by atoms with van der Waals surface area (Å²) < 4.78 is 4.57. The SMILES string of the molecule is CCOC(=O)C(=O)Nc1c(C)cc(C)cc1C(N)=O. The van der Waals surface area contributed by atoms with Gasteiger partial charge in [0.05, 0.1) is 17.9 Å². The van der Waals surface area contributed by atoms with E-state index >= 15 is 0 Å². The average Bonchev–Trinajstić information content (AvgIpc) is 2.32. The fraction of sp³-hybridized carbons (Fsp3) is 0.308. The van der Waals surface area contributed by atoms with E-state index in [4.69, 9.17) is 5.73 Å². The molecule has 1 rings (SSSR count). The van der Waals surface area contributed by atoms with Crippen molar-refractivity contribution in [2.45, 2.75) is 20.8 Å². The third-order valence-electron chi connectivity index (χ3n) is 2.44. The van der Waals surface area contributed by atoms with Gasteiger partial charge in [-0.3, -0.25) is 9.59 Å². The van der Waals surface area contributed by atoms with Crippen molar-refractivity contribution >= 4 is 23.5 Å². The van der Waals surface area contributed by atoms with E-state index in [9.17, 15) is 14.4 Å². The Morgan fingerprint density at radius 1 is 1.26 bits per heavy atom. The van der Waals surface area contributed by atoms with Crippen molar-refractivity contribution in [1.29, 1.82) is 0 Å². The van der Waals surface area contributed by atoms with Crippen molar-refractivity contribution in [3.63, 3.8) is 0 Å². The highest BCUT2D eigenvalue weighted by atomic mass is 16.5. The molecule has 0 saturated carbocycles. The zero-order valence-electron chi connectivity index (χ0n) is 11.1. The minimum Gasteiger partial charge on any atom is -0.459 e. The summed E-state index contributed by atoms with van der Waals surface area (Å²) in [5.41, 5.74) is 7.13. The van der Waals surface area contributed by atoms with Crippen molar-refractivity contribution in [3.05, 3.63) is 28.8 Å². The van der Waals surface area contributed by atoms with Crippen LogP contribution in [0.3, 0.4) is 0 Å². The van der Waals surface area contributed by atoms with Gasteiger partial charge in [-0.15, -0.1) is 0 Å². The highest BCUT2D eigenvalue weighted by Crippen LogP contribution is 2.22. The number of carbonyl (C=O) groups excluding carboxylic acids is 3. The predicted octanol–water partition coefficient (Wildman–Crippen LogP) is 0.904. The molecule has 0 atom stereocenters. The first-order valence-electron chi connectivity index (χ1n) is 5.76. The third-order valence-corrected chi connectivity index (χ3v) is 2.44. The van der Waals surface area contributed by atoms with Crippen LogP contribution in [0.15, 0.2) is 12.1 Å². The van der Waals surface area contributed by atoms with Gasteiger partial charge < -0.3 is 15.8 Å². The summed E-state index contributed by atoms with van der Waals surface area (Å²) in [6, 6.07) is 3.32. The molecule has 0 aliphatic rings. The number of primary amides is 1. The highest BCUT2D eigenvalue weighted by Gasteiger charge is 2.19. The van der Waals surface area contributed by atoms with E-state index in [1.807, 2.05) is 0 Å². The number of carbonyl (C=O) groups is 3. The van der Waals surface area contributed by atoms with E-state index in [1.165, 1.54) is 0 Å². The fourth-order valence-electron chi connectivity index (χ4n) is 1.69. The van der Waals surface area contributed by atoms with Crippen LogP contribution in [0.4, 0.5) is 5.69 Å². The Kier molecular flexibility index (Phi) is 4.63. The number of hydrogen-bond acceptors (Lipinski definition) is 4. The molecule has 0 spiro atoms. The van der Waals surface area contributed by atoms with Crippen molar-refractivity contribution in [3.8, 4) is 0 Å². The van der Waals surface area contributed by atoms with Crippen LogP contribution in [0.5, 0.6) is 0 Å². The molecule has 0 fully saturated rings. The van der Waals surface area contributed by atoms with E-state index in [-0.39, 0.29) is 17.9 Å². The van der Waals surface area contributed by atoms with Crippen LogP contribution in [-0.2, 0) is 14.3 Å². The summed E-state index contributed by atoms with van der Waals surface area (Å²) >= 11 is 0. The lowest BCUT2D eigenvalue weighted by molar-refractivity contribution is -0.152. The first-order chi connectivity index (χ1) is 8.86. The summed E-state index contributed by atoms with van der Waals surface area (Å²) in [5, 5.41) is 2.36. The summed E-state index contributed by atoms with van der Waals surface area (Å²) in [4.78, 5) is 34.2. The van der Waals surface area contributed by atoms with Crippen LogP contribution in [0.2, 0.25) is 0 Å². The Labute approximate surface area is 110 Å². The lowest BCUT2D eigenvalue weighted by atomic mass is 10.0.